The van der Waals surface area contributed by atoms with Crippen LogP contribution in [0.15, 0.2) is 24.3 Å². The van der Waals surface area contributed by atoms with E-state index in [9.17, 15) is 0 Å². The summed E-state index contributed by atoms with van der Waals surface area (Å²) in [6.45, 7) is 2.27. The Balaban J connectivity index is 0.00000225. The molecular weight excluding hydrogens is 272 g/mol. The number of hydrogen-bond acceptors (Lipinski definition) is 0. The van der Waals surface area contributed by atoms with E-state index in [4.69, 9.17) is 0 Å². The summed E-state index contributed by atoms with van der Waals surface area (Å²) in [6, 6.07) is 9.00. The predicted molar refractivity (Wildman–Crippen MR) is 68.9 cm³/mol. The van der Waals surface area contributed by atoms with Crippen molar-refractivity contribution in [2.24, 2.45) is 0 Å². The Morgan fingerprint density at radius 1 is 0.875 bits per heavy atom. The van der Waals surface area contributed by atoms with Crippen molar-refractivity contribution in [1.82, 2.24) is 0 Å². The van der Waals surface area contributed by atoms with Gasteiger partial charge in [-0.2, -0.15) is 0 Å². The van der Waals surface area contributed by atoms with Gasteiger partial charge in [-0.3, -0.25) is 0 Å². The minimum atomic E-state index is 0. The maximum absolute atomic E-state index is 2.27. The van der Waals surface area contributed by atoms with Gasteiger partial charge in [0.2, 0.25) is 0 Å². The summed E-state index contributed by atoms with van der Waals surface area (Å²) < 4.78 is 1.39. The number of hydrogen-bond donors (Lipinski definition) is 0. The summed E-state index contributed by atoms with van der Waals surface area (Å²) in [5.74, 6) is 0. The zero-order valence-corrected chi connectivity index (χ0v) is 13.3. The first-order chi connectivity index (χ1) is 7.33. The van der Waals surface area contributed by atoms with Crippen molar-refractivity contribution >= 4 is 25.4 Å². The predicted octanol–water partition coefficient (Wildman–Crippen LogP) is 0.387. The van der Waals surface area contributed by atoms with Crippen LogP contribution in [0.4, 0.5) is 0 Å². The summed E-state index contributed by atoms with van der Waals surface area (Å²) in [5, 5.41) is 0. The van der Waals surface area contributed by atoms with Crippen molar-refractivity contribution in [3.63, 3.8) is 0 Å². The minimum Gasteiger partial charge on any atom is -1.00 e. The van der Waals surface area contributed by atoms with Crippen molar-refractivity contribution in [2.75, 3.05) is 0 Å². The van der Waals surface area contributed by atoms with E-state index in [1.54, 1.807) is 0 Å². The van der Waals surface area contributed by atoms with Crippen LogP contribution in [0.1, 0.15) is 51.0 Å². The standard InChI is InChI=1S/C14H21.BrH.Mg/c1-2-3-4-5-6-8-11-14-12-9-7-10-13-14;;/h9-10,12-13H,2-6,8,11H2,1H3;1H;/q;;+1/p-1. The fourth-order valence-electron chi connectivity index (χ4n) is 1.82. The summed E-state index contributed by atoms with van der Waals surface area (Å²) in [6.07, 6.45) is 9.61. The van der Waals surface area contributed by atoms with Crippen molar-refractivity contribution in [3.05, 3.63) is 29.8 Å². The van der Waals surface area contributed by atoms with E-state index in [0.717, 1.165) is 0 Å². The van der Waals surface area contributed by atoms with Gasteiger partial charge in [0.1, 0.15) is 0 Å². The Labute approximate surface area is 123 Å². The Morgan fingerprint density at radius 3 is 2.06 bits per heavy atom. The molecule has 0 N–H and O–H groups in total. The van der Waals surface area contributed by atoms with Gasteiger partial charge in [0.25, 0.3) is 0 Å². The molecule has 0 saturated carbocycles. The summed E-state index contributed by atoms with van der Waals surface area (Å²) in [5.41, 5.74) is 1.50. The Morgan fingerprint density at radius 2 is 1.44 bits per heavy atom. The van der Waals surface area contributed by atoms with E-state index in [0.29, 0.717) is 0 Å². The molecule has 0 amide bonds. The molecule has 0 heterocycles. The molecule has 0 spiro atoms. The Hall–Kier alpha value is 0.466. The summed E-state index contributed by atoms with van der Waals surface area (Å²) >= 11 is 1.95. The van der Waals surface area contributed by atoms with Crippen molar-refractivity contribution < 1.29 is 17.0 Å². The quantitative estimate of drug-likeness (QED) is 0.504. The zero-order chi connectivity index (χ0) is 10.9. The van der Waals surface area contributed by atoms with Crippen LogP contribution >= 0.6 is 0 Å². The molecule has 16 heavy (non-hydrogen) atoms. The van der Waals surface area contributed by atoms with Gasteiger partial charge in [-0.05, 0) is 0 Å². The molecule has 0 nitrogen and oxygen atoms in total. The Kier molecular flexibility index (Phi) is 10.9. The molecule has 1 rings (SSSR count). The van der Waals surface area contributed by atoms with Crippen LogP contribution in [0.2, 0.25) is 0 Å². The smallest absolute Gasteiger partial charge is 1.00 e. The van der Waals surface area contributed by atoms with E-state index in [-0.39, 0.29) is 17.0 Å². The molecule has 0 aromatic heterocycles. The average molecular weight is 294 g/mol. The molecule has 0 fully saturated rings. The first-order valence-electron chi connectivity index (χ1n) is 6.24. The topological polar surface area (TPSA) is 0 Å². The third kappa shape index (κ3) is 7.69. The minimum absolute atomic E-state index is 0. The summed E-state index contributed by atoms with van der Waals surface area (Å²) in [7, 11) is 0. The van der Waals surface area contributed by atoms with Gasteiger partial charge in [-0.1, -0.05) is 0 Å². The fourth-order valence-corrected chi connectivity index (χ4v) is 2.05. The first-order valence-corrected chi connectivity index (χ1v) is 6.94. The van der Waals surface area contributed by atoms with Gasteiger partial charge >= 0.3 is 107 Å². The maximum atomic E-state index is 2.27. The fraction of sp³-hybridized carbons (Fsp3) is 0.571. The Bertz CT molecular complexity index is 256. The van der Waals surface area contributed by atoms with Crippen LogP contribution in [0.25, 0.3) is 0 Å². The SMILES string of the molecule is CCCCCCCCc1cc[c]([Mg+])cc1.[Br-]. The van der Waals surface area contributed by atoms with Crippen LogP contribution < -0.4 is 20.7 Å². The van der Waals surface area contributed by atoms with Crippen LogP contribution in [-0.4, -0.2) is 21.7 Å². The van der Waals surface area contributed by atoms with E-state index in [2.05, 4.69) is 31.2 Å². The molecule has 0 bridgehead atoms. The largest absolute Gasteiger partial charge is 1.00 e. The van der Waals surface area contributed by atoms with Crippen LogP contribution in [0.3, 0.4) is 0 Å². The molecule has 86 valence electrons. The molecule has 0 radical (unpaired) electrons. The van der Waals surface area contributed by atoms with Gasteiger partial charge in [0.05, 0.1) is 0 Å². The van der Waals surface area contributed by atoms with Gasteiger partial charge in [0, 0.05) is 0 Å². The maximum Gasteiger partial charge on any atom is -1.00 e. The van der Waals surface area contributed by atoms with Crippen molar-refractivity contribution in [2.45, 2.75) is 51.9 Å². The monoisotopic (exact) mass is 292 g/mol. The molecule has 0 aliphatic rings. The number of unbranched alkanes of at least 4 members (excludes halogenated alkanes) is 5. The second-order valence-corrected chi connectivity index (χ2v) is 5.15. The molecule has 2 heteroatoms. The number of halogens is 1. The third-order valence-corrected chi connectivity index (χ3v) is 3.31. The normalized spacial score (nSPS) is 9.94. The van der Waals surface area contributed by atoms with Gasteiger partial charge in [-0.25, -0.2) is 0 Å². The molecule has 0 aliphatic heterocycles. The molecule has 1 aromatic rings. The molecule has 0 saturated heterocycles. The summed E-state index contributed by atoms with van der Waals surface area (Å²) in [4.78, 5) is 0. The van der Waals surface area contributed by atoms with E-state index < -0.39 is 0 Å². The second-order valence-electron chi connectivity index (χ2n) is 4.33. The van der Waals surface area contributed by atoms with Gasteiger partial charge in [-0.15, -0.1) is 0 Å². The molecule has 0 aliphatic carbocycles. The third-order valence-electron chi connectivity index (χ3n) is 2.84. The number of aryl methyl sites for hydroxylation is 1. The van der Waals surface area contributed by atoms with E-state index in [1.807, 2.05) is 21.7 Å². The van der Waals surface area contributed by atoms with E-state index in [1.165, 1.54) is 54.2 Å². The first kappa shape index (κ1) is 16.5. The second kappa shape index (κ2) is 10.6. The van der Waals surface area contributed by atoms with E-state index >= 15 is 0 Å². The van der Waals surface area contributed by atoms with Gasteiger partial charge < -0.3 is 17.0 Å². The van der Waals surface area contributed by atoms with Crippen LogP contribution in [0, 0.1) is 0 Å². The zero-order valence-electron chi connectivity index (χ0n) is 10.3. The van der Waals surface area contributed by atoms with Gasteiger partial charge in [0.15, 0.2) is 0 Å². The average Bonchev–Trinajstić information content (AvgIpc) is 2.26. The molecule has 1 aromatic carbocycles. The number of benzene rings is 1. The van der Waals surface area contributed by atoms with Crippen molar-refractivity contribution in [3.8, 4) is 0 Å². The van der Waals surface area contributed by atoms with Crippen molar-refractivity contribution in [1.29, 1.82) is 0 Å². The van der Waals surface area contributed by atoms with Crippen LogP contribution in [-0.2, 0) is 6.42 Å². The number of rotatable bonds is 7. The molecule has 0 unspecified atom stereocenters. The molecular formula is C14H21BrMg. The van der Waals surface area contributed by atoms with Crippen LogP contribution in [0.5, 0.6) is 0 Å². The molecule has 0 atom stereocenters.